The van der Waals surface area contributed by atoms with Gasteiger partial charge in [-0.25, -0.2) is 8.78 Å². The second kappa shape index (κ2) is 5.96. The molecule has 104 valence electrons. The minimum atomic E-state index is -0.820. The summed E-state index contributed by atoms with van der Waals surface area (Å²) in [6.07, 6.45) is 0. The van der Waals surface area contributed by atoms with Crippen molar-refractivity contribution in [2.45, 2.75) is 5.33 Å². The average molecular weight is 344 g/mol. The minimum absolute atomic E-state index is 0.0790. The molecule has 0 aliphatic heterocycles. The Labute approximate surface area is 121 Å². The third kappa shape index (κ3) is 3.30. The molecule has 0 saturated carbocycles. The number of halogens is 3. The molecule has 2 aromatic rings. The lowest BCUT2D eigenvalue weighted by molar-refractivity contribution is -0.385. The Hall–Kier alpha value is -2.02. The first kappa shape index (κ1) is 14.4. The van der Waals surface area contributed by atoms with E-state index in [4.69, 9.17) is 4.74 Å². The van der Waals surface area contributed by atoms with Crippen LogP contribution in [0.3, 0.4) is 0 Å². The number of hydrogen-bond donors (Lipinski definition) is 0. The second-order valence-electron chi connectivity index (χ2n) is 3.90. The van der Waals surface area contributed by atoms with Crippen molar-refractivity contribution in [3.05, 3.63) is 63.7 Å². The first-order valence-corrected chi connectivity index (χ1v) is 6.59. The van der Waals surface area contributed by atoms with E-state index < -0.39 is 16.6 Å². The molecule has 0 N–H and O–H groups in total. The van der Waals surface area contributed by atoms with E-state index in [2.05, 4.69) is 15.9 Å². The van der Waals surface area contributed by atoms with Gasteiger partial charge in [0.05, 0.1) is 4.92 Å². The first-order valence-electron chi connectivity index (χ1n) is 5.47. The number of hydrogen-bond acceptors (Lipinski definition) is 3. The SMILES string of the molecule is O=[N+]([O-])c1cc(CBr)ccc1Oc1cc(F)cc(F)c1. The highest BCUT2D eigenvalue weighted by Gasteiger charge is 2.17. The molecule has 4 nitrogen and oxygen atoms in total. The van der Waals surface area contributed by atoms with Crippen molar-refractivity contribution in [2.24, 2.45) is 0 Å². The van der Waals surface area contributed by atoms with E-state index in [1.807, 2.05) is 0 Å². The number of nitro benzene ring substituents is 1. The Bertz CT molecular complexity index is 644. The maximum Gasteiger partial charge on any atom is 0.311 e. The summed E-state index contributed by atoms with van der Waals surface area (Å²) in [6.45, 7) is 0. The molecule has 0 aliphatic rings. The smallest absolute Gasteiger partial charge is 0.311 e. The Morgan fingerprint density at radius 3 is 2.35 bits per heavy atom. The molecule has 0 radical (unpaired) electrons. The summed E-state index contributed by atoms with van der Waals surface area (Å²) >= 11 is 3.19. The first-order chi connectivity index (χ1) is 9.49. The maximum absolute atomic E-state index is 13.0. The zero-order valence-electron chi connectivity index (χ0n) is 9.98. The number of alkyl halides is 1. The van der Waals surface area contributed by atoms with Crippen LogP contribution in [0.4, 0.5) is 14.5 Å². The molecular weight excluding hydrogens is 336 g/mol. The molecule has 2 aromatic carbocycles. The lowest BCUT2D eigenvalue weighted by atomic mass is 10.2. The zero-order valence-corrected chi connectivity index (χ0v) is 11.6. The quantitative estimate of drug-likeness (QED) is 0.464. The Balaban J connectivity index is 2.39. The standard InChI is InChI=1S/C13H8BrF2NO3/c14-7-8-1-2-13(12(3-8)17(18)19)20-11-5-9(15)4-10(16)6-11/h1-6H,7H2. The van der Waals surface area contributed by atoms with Gasteiger partial charge in [0, 0.05) is 29.6 Å². The van der Waals surface area contributed by atoms with Gasteiger partial charge >= 0.3 is 5.69 Å². The van der Waals surface area contributed by atoms with Crippen LogP contribution < -0.4 is 4.74 Å². The van der Waals surface area contributed by atoms with Gasteiger partial charge in [0.2, 0.25) is 5.75 Å². The Morgan fingerprint density at radius 2 is 1.80 bits per heavy atom. The molecule has 7 heteroatoms. The molecule has 0 aliphatic carbocycles. The van der Waals surface area contributed by atoms with Crippen LogP contribution in [0.15, 0.2) is 36.4 Å². The van der Waals surface area contributed by atoms with Crippen molar-refractivity contribution in [3.63, 3.8) is 0 Å². The molecule has 0 amide bonds. The molecule has 0 bridgehead atoms. The number of nitro groups is 1. The largest absolute Gasteiger partial charge is 0.450 e. The van der Waals surface area contributed by atoms with Gasteiger partial charge in [-0.2, -0.15) is 0 Å². The van der Waals surface area contributed by atoms with Gasteiger partial charge in [0.1, 0.15) is 17.4 Å². The van der Waals surface area contributed by atoms with Crippen molar-refractivity contribution in [1.82, 2.24) is 0 Å². The summed E-state index contributed by atoms with van der Waals surface area (Å²) in [5.74, 6) is -1.86. The van der Waals surface area contributed by atoms with Gasteiger partial charge in [-0.3, -0.25) is 10.1 Å². The van der Waals surface area contributed by atoms with Gasteiger partial charge < -0.3 is 4.74 Å². The lowest BCUT2D eigenvalue weighted by Gasteiger charge is -2.07. The second-order valence-corrected chi connectivity index (χ2v) is 4.46. The predicted octanol–water partition coefficient (Wildman–Crippen LogP) is 4.56. The molecular formula is C13H8BrF2NO3. The third-order valence-electron chi connectivity index (χ3n) is 2.44. The Morgan fingerprint density at radius 1 is 1.15 bits per heavy atom. The number of benzene rings is 2. The monoisotopic (exact) mass is 343 g/mol. The van der Waals surface area contributed by atoms with E-state index in [1.165, 1.54) is 12.1 Å². The molecule has 0 atom stereocenters. The van der Waals surface area contributed by atoms with Crippen LogP contribution >= 0.6 is 15.9 Å². The van der Waals surface area contributed by atoms with Crippen LogP contribution in [0.5, 0.6) is 11.5 Å². The molecule has 0 aromatic heterocycles. The van der Waals surface area contributed by atoms with E-state index in [0.717, 1.165) is 12.1 Å². The van der Waals surface area contributed by atoms with Crippen LogP contribution in [0.1, 0.15) is 5.56 Å². The van der Waals surface area contributed by atoms with Crippen LogP contribution in [-0.2, 0) is 5.33 Å². The van der Waals surface area contributed by atoms with Gasteiger partial charge in [-0.05, 0) is 11.6 Å². The number of nitrogens with zero attached hydrogens (tertiary/aromatic N) is 1. The number of ether oxygens (including phenoxy) is 1. The van der Waals surface area contributed by atoms with Gasteiger partial charge in [-0.15, -0.1) is 0 Å². The molecule has 0 heterocycles. The summed E-state index contributed by atoms with van der Waals surface area (Å²) in [7, 11) is 0. The van der Waals surface area contributed by atoms with Crippen LogP contribution in [0.2, 0.25) is 0 Å². The molecule has 2 rings (SSSR count). The van der Waals surface area contributed by atoms with Crippen LogP contribution in [0.25, 0.3) is 0 Å². The molecule has 0 fully saturated rings. The van der Waals surface area contributed by atoms with Crippen molar-refractivity contribution in [1.29, 1.82) is 0 Å². The summed E-state index contributed by atoms with van der Waals surface area (Å²) in [5.41, 5.74) is 0.418. The summed E-state index contributed by atoms with van der Waals surface area (Å²) in [5, 5.41) is 11.4. The highest BCUT2D eigenvalue weighted by atomic mass is 79.9. The molecule has 20 heavy (non-hydrogen) atoms. The van der Waals surface area contributed by atoms with Gasteiger partial charge in [-0.1, -0.05) is 22.0 Å². The molecule has 0 saturated heterocycles. The number of rotatable bonds is 4. The predicted molar refractivity (Wildman–Crippen MR) is 72.2 cm³/mol. The van der Waals surface area contributed by atoms with Crippen molar-refractivity contribution < 1.29 is 18.4 Å². The minimum Gasteiger partial charge on any atom is -0.450 e. The average Bonchev–Trinajstić information content (AvgIpc) is 2.37. The van der Waals surface area contributed by atoms with Crippen molar-refractivity contribution >= 4 is 21.6 Å². The van der Waals surface area contributed by atoms with Crippen molar-refractivity contribution in [2.75, 3.05) is 0 Å². The van der Waals surface area contributed by atoms with Crippen molar-refractivity contribution in [3.8, 4) is 11.5 Å². The third-order valence-corrected chi connectivity index (χ3v) is 3.09. The summed E-state index contributed by atoms with van der Waals surface area (Å²) in [6, 6.07) is 6.93. The highest BCUT2D eigenvalue weighted by molar-refractivity contribution is 9.08. The summed E-state index contributed by atoms with van der Waals surface area (Å²) in [4.78, 5) is 10.4. The molecule has 0 spiro atoms. The Kier molecular flexibility index (Phi) is 4.29. The van der Waals surface area contributed by atoms with E-state index in [0.29, 0.717) is 17.0 Å². The fourth-order valence-electron chi connectivity index (χ4n) is 1.59. The van der Waals surface area contributed by atoms with E-state index in [1.54, 1.807) is 6.07 Å². The van der Waals surface area contributed by atoms with Gasteiger partial charge in [0.25, 0.3) is 0 Å². The van der Waals surface area contributed by atoms with Crippen LogP contribution in [-0.4, -0.2) is 4.92 Å². The highest BCUT2D eigenvalue weighted by Crippen LogP contribution is 2.33. The van der Waals surface area contributed by atoms with E-state index in [9.17, 15) is 18.9 Å². The lowest BCUT2D eigenvalue weighted by Crippen LogP contribution is -1.95. The van der Waals surface area contributed by atoms with Crippen LogP contribution in [0, 0.1) is 21.7 Å². The van der Waals surface area contributed by atoms with Gasteiger partial charge in [0.15, 0.2) is 0 Å². The fraction of sp³-hybridized carbons (Fsp3) is 0.0769. The zero-order chi connectivity index (χ0) is 14.7. The normalized spacial score (nSPS) is 10.3. The molecule has 0 unspecified atom stereocenters. The fourth-order valence-corrected chi connectivity index (χ4v) is 1.94. The van der Waals surface area contributed by atoms with E-state index >= 15 is 0 Å². The topological polar surface area (TPSA) is 52.4 Å². The summed E-state index contributed by atoms with van der Waals surface area (Å²) < 4.78 is 31.3. The maximum atomic E-state index is 13.0. The van der Waals surface area contributed by atoms with E-state index in [-0.39, 0.29) is 17.2 Å².